The number of rotatable bonds is 7. The number of esters is 1. The van der Waals surface area contributed by atoms with E-state index >= 15 is 0 Å². The number of carbonyl (C=O) groups is 2. The summed E-state index contributed by atoms with van der Waals surface area (Å²) in [5.74, 6) is -0.801. The van der Waals surface area contributed by atoms with Gasteiger partial charge in [-0.05, 0) is 36.8 Å². The molecule has 1 heterocycles. The molecular formula is C23H22O7. The molecule has 1 atom stereocenters. The molecule has 0 saturated carbocycles. The molecule has 0 amide bonds. The largest absolute Gasteiger partial charge is 0.497 e. The number of ether oxygens (including phenoxy) is 3. The SMILES string of the molecule is COC(=O)C(CC(=O)c1cccc(OC)c1)c1cc(=O)oc2c(C)c(OC)ccc12. The first-order valence-corrected chi connectivity index (χ1v) is 9.26. The Bertz CT molecular complexity index is 1160. The minimum atomic E-state index is -0.979. The standard InChI is InChI=1S/C23H22O7/c1-13-20(28-3)9-8-16-17(12-21(25)30-22(13)16)18(23(26)29-4)11-19(24)14-6-5-7-15(10-14)27-2/h5-10,12,18H,11H2,1-4H3. The van der Waals surface area contributed by atoms with E-state index in [1.807, 2.05) is 0 Å². The third-order valence-corrected chi connectivity index (χ3v) is 5.01. The fourth-order valence-electron chi connectivity index (χ4n) is 3.44. The van der Waals surface area contributed by atoms with Crippen LogP contribution in [0, 0.1) is 6.92 Å². The topological polar surface area (TPSA) is 92.0 Å². The van der Waals surface area contributed by atoms with Crippen LogP contribution in [0.4, 0.5) is 0 Å². The third-order valence-electron chi connectivity index (χ3n) is 5.01. The zero-order valence-electron chi connectivity index (χ0n) is 17.2. The van der Waals surface area contributed by atoms with Gasteiger partial charge in [-0.15, -0.1) is 0 Å². The molecule has 0 aliphatic heterocycles. The second-order valence-corrected chi connectivity index (χ2v) is 6.73. The third kappa shape index (κ3) is 4.05. The molecule has 1 aromatic heterocycles. The summed E-state index contributed by atoms with van der Waals surface area (Å²) < 4.78 is 20.8. The Balaban J connectivity index is 2.11. The number of hydrogen-bond acceptors (Lipinski definition) is 7. The number of ketones is 1. The first kappa shape index (κ1) is 21.1. The van der Waals surface area contributed by atoms with Gasteiger partial charge in [0.2, 0.25) is 0 Å². The van der Waals surface area contributed by atoms with E-state index < -0.39 is 17.5 Å². The number of fused-ring (bicyclic) bond motifs is 1. The molecule has 30 heavy (non-hydrogen) atoms. The zero-order chi connectivity index (χ0) is 21.8. The average Bonchev–Trinajstić information content (AvgIpc) is 2.77. The summed E-state index contributed by atoms with van der Waals surface area (Å²) in [4.78, 5) is 37.8. The van der Waals surface area contributed by atoms with Crippen molar-refractivity contribution >= 4 is 22.7 Å². The van der Waals surface area contributed by atoms with Gasteiger partial charge in [-0.25, -0.2) is 4.79 Å². The van der Waals surface area contributed by atoms with Crippen LogP contribution in [0.3, 0.4) is 0 Å². The molecule has 7 heteroatoms. The van der Waals surface area contributed by atoms with Crippen molar-refractivity contribution in [2.24, 2.45) is 0 Å². The Labute approximate surface area is 173 Å². The number of aryl methyl sites for hydroxylation is 1. The highest BCUT2D eigenvalue weighted by Gasteiger charge is 2.28. The van der Waals surface area contributed by atoms with E-state index in [9.17, 15) is 14.4 Å². The molecule has 0 aliphatic rings. The predicted octanol–water partition coefficient (Wildman–Crippen LogP) is 3.65. The second-order valence-electron chi connectivity index (χ2n) is 6.73. The van der Waals surface area contributed by atoms with E-state index in [4.69, 9.17) is 18.6 Å². The van der Waals surface area contributed by atoms with Crippen molar-refractivity contribution in [3.63, 3.8) is 0 Å². The molecule has 1 unspecified atom stereocenters. The maximum atomic E-state index is 12.9. The first-order chi connectivity index (χ1) is 14.4. The Hall–Kier alpha value is -3.61. The van der Waals surface area contributed by atoms with Crippen molar-refractivity contribution in [3.05, 3.63) is 69.6 Å². The molecule has 0 saturated heterocycles. The van der Waals surface area contributed by atoms with Crippen LogP contribution < -0.4 is 15.1 Å². The molecule has 0 spiro atoms. The smallest absolute Gasteiger partial charge is 0.336 e. The van der Waals surface area contributed by atoms with Gasteiger partial charge >= 0.3 is 11.6 Å². The minimum absolute atomic E-state index is 0.177. The lowest BCUT2D eigenvalue weighted by atomic mass is 9.89. The van der Waals surface area contributed by atoms with Gasteiger partial charge < -0.3 is 18.6 Å². The van der Waals surface area contributed by atoms with Crippen molar-refractivity contribution in [2.75, 3.05) is 21.3 Å². The molecule has 7 nitrogen and oxygen atoms in total. The zero-order valence-corrected chi connectivity index (χ0v) is 17.2. The molecule has 2 aromatic carbocycles. The summed E-state index contributed by atoms with van der Waals surface area (Å²) in [7, 11) is 4.26. The van der Waals surface area contributed by atoms with Crippen molar-refractivity contribution in [1.29, 1.82) is 0 Å². The molecule has 0 N–H and O–H groups in total. The van der Waals surface area contributed by atoms with Crippen LogP contribution in [0.25, 0.3) is 11.0 Å². The molecule has 156 valence electrons. The van der Waals surface area contributed by atoms with Crippen LogP contribution in [0.2, 0.25) is 0 Å². The van der Waals surface area contributed by atoms with Crippen molar-refractivity contribution < 1.29 is 28.2 Å². The molecule has 3 rings (SSSR count). The van der Waals surface area contributed by atoms with E-state index in [0.29, 0.717) is 39.2 Å². The van der Waals surface area contributed by atoms with Gasteiger partial charge in [0.25, 0.3) is 0 Å². The molecule has 0 aliphatic carbocycles. The fraction of sp³-hybridized carbons (Fsp3) is 0.261. The highest BCUT2D eigenvalue weighted by atomic mass is 16.5. The van der Waals surface area contributed by atoms with Crippen LogP contribution in [-0.2, 0) is 9.53 Å². The number of carbonyl (C=O) groups excluding carboxylic acids is 2. The van der Waals surface area contributed by atoms with Crippen molar-refractivity contribution in [1.82, 2.24) is 0 Å². The highest BCUT2D eigenvalue weighted by molar-refractivity contribution is 6.01. The van der Waals surface area contributed by atoms with Crippen LogP contribution in [0.15, 0.2) is 51.7 Å². The minimum Gasteiger partial charge on any atom is -0.497 e. The predicted molar refractivity (Wildman–Crippen MR) is 110 cm³/mol. The Morgan fingerprint density at radius 3 is 2.47 bits per heavy atom. The number of methoxy groups -OCH3 is 3. The van der Waals surface area contributed by atoms with E-state index in [1.165, 1.54) is 27.4 Å². The van der Waals surface area contributed by atoms with E-state index in [2.05, 4.69) is 0 Å². The summed E-state index contributed by atoms with van der Waals surface area (Å²) >= 11 is 0. The van der Waals surface area contributed by atoms with Gasteiger partial charge in [0.1, 0.15) is 17.1 Å². The number of Topliss-reactive ketones (excluding diaryl/α,β-unsaturated/α-hetero) is 1. The van der Waals surface area contributed by atoms with Crippen molar-refractivity contribution in [2.45, 2.75) is 19.3 Å². The summed E-state index contributed by atoms with van der Waals surface area (Å²) in [5.41, 5.74) is 1.07. The molecule has 3 aromatic rings. The van der Waals surface area contributed by atoms with E-state index in [-0.39, 0.29) is 12.2 Å². The molecular weight excluding hydrogens is 388 g/mol. The summed E-state index contributed by atoms with van der Waals surface area (Å²) in [6, 6.07) is 11.3. The van der Waals surface area contributed by atoms with E-state index in [1.54, 1.807) is 43.3 Å². The number of benzene rings is 2. The van der Waals surface area contributed by atoms with Gasteiger partial charge in [0.05, 0.1) is 27.2 Å². The Kier molecular flexibility index (Phi) is 6.20. The summed E-state index contributed by atoms with van der Waals surface area (Å²) in [5, 5.41) is 0.543. The van der Waals surface area contributed by atoms with Gasteiger partial charge in [-0.1, -0.05) is 12.1 Å². The van der Waals surface area contributed by atoms with Crippen LogP contribution in [0.1, 0.15) is 33.8 Å². The Morgan fingerprint density at radius 1 is 1.03 bits per heavy atom. The lowest BCUT2D eigenvalue weighted by Crippen LogP contribution is -2.20. The van der Waals surface area contributed by atoms with Gasteiger partial charge in [0.15, 0.2) is 5.78 Å². The van der Waals surface area contributed by atoms with Gasteiger partial charge in [-0.2, -0.15) is 0 Å². The molecule has 0 fully saturated rings. The normalized spacial score (nSPS) is 11.7. The van der Waals surface area contributed by atoms with Gasteiger partial charge in [0, 0.05) is 29.0 Å². The van der Waals surface area contributed by atoms with Gasteiger partial charge in [-0.3, -0.25) is 9.59 Å². The lowest BCUT2D eigenvalue weighted by molar-refractivity contribution is -0.142. The fourth-order valence-corrected chi connectivity index (χ4v) is 3.44. The molecule has 0 bridgehead atoms. The van der Waals surface area contributed by atoms with Crippen LogP contribution >= 0.6 is 0 Å². The summed E-state index contributed by atoms with van der Waals surface area (Å²) in [6.45, 7) is 1.75. The van der Waals surface area contributed by atoms with Crippen molar-refractivity contribution in [3.8, 4) is 11.5 Å². The maximum Gasteiger partial charge on any atom is 0.336 e. The maximum absolute atomic E-state index is 12.9. The summed E-state index contributed by atoms with van der Waals surface area (Å²) in [6.07, 6.45) is -0.177. The lowest BCUT2D eigenvalue weighted by Gasteiger charge is -2.17. The molecule has 0 radical (unpaired) electrons. The quantitative estimate of drug-likeness (QED) is 0.333. The highest BCUT2D eigenvalue weighted by Crippen LogP contribution is 2.33. The average molecular weight is 410 g/mol. The first-order valence-electron chi connectivity index (χ1n) is 9.26. The van der Waals surface area contributed by atoms with E-state index in [0.717, 1.165) is 0 Å². The monoisotopic (exact) mass is 410 g/mol. The van der Waals surface area contributed by atoms with Crippen LogP contribution in [-0.4, -0.2) is 33.1 Å². The Morgan fingerprint density at radius 2 is 1.80 bits per heavy atom. The number of hydrogen-bond donors (Lipinski definition) is 0. The van der Waals surface area contributed by atoms with Crippen LogP contribution in [0.5, 0.6) is 11.5 Å². The second kappa shape index (κ2) is 8.82.